The lowest BCUT2D eigenvalue weighted by atomic mass is 10.00. The van der Waals surface area contributed by atoms with E-state index >= 15 is 0 Å². The van der Waals surface area contributed by atoms with Gasteiger partial charge >= 0.3 is 0 Å². The highest BCUT2D eigenvalue weighted by molar-refractivity contribution is 9.10. The van der Waals surface area contributed by atoms with Crippen LogP contribution >= 0.6 is 15.9 Å². The minimum atomic E-state index is -0.0657. The van der Waals surface area contributed by atoms with Crippen molar-refractivity contribution in [1.29, 1.82) is 5.26 Å². The Kier molecular flexibility index (Phi) is 3.35. The average molecular weight is 303 g/mol. The summed E-state index contributed by atoms with van der Waals surface area (Å²) in [6, 6.07) is 9.29. The molecule has 0 aliphatic rings. The lowest BCUT2D eigenvalue weighted by Crippen LogP contribution is -2.03. The van der Waals surface area contributed by atoms with Crippen molar-refractivity contribution in [3.63, 3.8) is 0 Å². The zero-order valence-electron chi connectivity index (χ0n) is 10.0. The van der Waals surface area contributed by atoms with E-state index in [2.05, 4.69) is 27.0 Å². The van der Waals surface area contributed by atoms with Crippen molar-refractivity contribution < 1.29 is 4.79 Å². The largest absolute Gasteiger partial charge is 0.350 e. The van der Waals surface area contributed by atoms with E-state index in [0.29, 0.717) is 22.4 Å². The molecule has 0 spiro atoms. The van der Waals surface area contributed by atoms with E-state index in [4.69, 9.17) is 5.26 Å². The Morgan fingerprint density at radius 1 is 1.39 bits per heavy atom. The number of hydrogen-bond donors (Lipinski definition) is 1. The van der Waals surface area contributed by atoms with E-state index in [1.165, 1.54) is 0 Å². The fourth-order valence-corrected chi connectivity index (χ4v) is 2.38. The molecule has 0 saturated carbocycles. The molecule has 0 unspecified atom stereocenters. The van der Waals surface area contributed by atoms with Gasteiger partial charge in [-0.25, -0.2) is 0 Å². The molecule has 90 valence electrons. The molecule has 0 saturated heterocycles. The number of hydrogen-bond acceptors (Lipinski definition) is 2. The number of carbonyl (C=O) groups is 1. The van der Waals surface area contributed by atoms with Crippen molar-refractivity contribution in [1.82, 2.24) is 4.98 Å². The molecular formula is C14H11BrN2O. The van der Waals surface area contributed by atoms with Crippen LogP contribution in [-0.4, -0.2) is 10.8 Å². The lowest BCUT2D eigenvalue weighted by Gasteiger charge is -2.02. The number of carbonyl (C=O) groups excluding carboxylic acids is 1. The Balaban J connectivity index is 2.54. The van der Waals surface area contributed by atoms with Gasteiger partial charge in [-0.2, -0.15) is 5.26 Å². The lowest BCUT2D eigenvalue weighted by molar-refractivity contribution is 0.103. The maximum Gasteiger partial charge on any atom is 0.195 e. The molecule has 2 aromatic rings. The number of nitrogens with one attached hydrogen (secondary N) is 1. The maximum atomic E-state index is 12.4. The van der Waals surface area contributed by atoms with Crippen LogP contribution in [0, 0.1) is 25.2 Å². The van der Waals surface area contributed by atoms with Crippen LogP contribution in [-0.2, 0) is 0 Å². The number of halogens is 1. The van der Waals surface area contributed by atoms with Crippen molar-refractivity contribution in [2.24, 2.45) is 0 Å². The Morgan fingerprint density at radius 3 is 2.67 bits per heavy atom. The Bertz CT molecular complexity index is 665. The van der Waals surface area contributed by atoms with Gasteiger partial charge in [-0.15, -0.1) is 0 Å². The summed E-state index contributed by atoms with van der Waals surface area (Å²) >= 11 is 3.35. The van der Waals surface area contributed by atoms with Crippen LogP contribution in [0.3, 0.4) is 0 Å². The van der Waals surface area contributed by atoms with E-state index in [1.54, 1.807) is 26.0 Å². The van der Waals surface area contributed by atoms with Crippen LogP contribution in [0.1, 0.15) is 32.9 Å². The summed E-state index contributed by atoms with van der Waals surface area (Å²) in [5.41, 5.74) is 3.09. The molecule has 1 aromatic carbocycles. The van der Waals surface area contributed by atoms with E-state index in [1.807, 2.05) is 12.1 Å². The molecule has 1 heterocycles. The minimum Gasteiger partial charge on any atom is -0.350 e. The second kappa shape index (κ2) is 4.79. The van der Waals surface area contributed by atoms with Gasteiger partial charge in [0.1, 0.15) is 11.8 Å². The quantitative estimate of drug-likeness (QED) is 0.863. The van der Waals surface area contributed by atoms with Crippen LogP contribution in [0.25, 0.3) is 0 Å². The summed E-state index contributed by atoms with van der Waals surface area (Å²) in [6.07, 6.45) is 0. The van der Waals surface area contributed by atoms with Gasteiger partial charge in [-0.3, -0.25) is 4.79 Å². The number of aryl methyl sites for hydroxylation is 1. The summed E-state index contributed by atoms with van der Waals surface area (Å²) < 4.78 is 0.861. The van der Waals surface area contributed by atoms with Gasteiger partial charge in [0.25, 0.3) is 0 Å². The summed E-state index contributed by atoms with van der Waals surface area (Å²) in [5.74, 6) is -0.0657. The molecule has 2 rings (SSSR count). The zero-order chi connectivity index (χ0) is 13.3. The van der Waals surface area contributed by atoms with Crippen LogP contribution in [0.2, 0.25) is 0 Å². The van der Waals surface area contributed by atoms with Gasteiger partial charge in [0.2, 0.25) is 0 Å². The highest BCUT2D eigenvalue weighted by atomic mass is 79.9. The van der Waals surface area contributed by atoms with Crippen molar-refractivity contribution >= 4 is 21.7 Å². The van der Waals surface area contributed by atoms with Crippen LogP contribution in [0.4, 0.5) is 0 Å². The molecule has 4 heteroatoms. The first-order valence-corrected chi connectivity index (χ1v) is 6.23. The van der Waals surface area contributed by atoms with E-state index in [9.17, 15) is 4.79 Å². The third kappa shape index (κ3) is 2.09. The van der Waals surface area contributed by atoms with Crippen LogP contribution in [0.5, 0.6) is 0 Å². The number of aromatic amines is 1. The van der Waals surface area contributed by atoms with E-state index in [-0.39, 0.29) is 5.78 Å². The molecule has 0 radical (unpaired) electrons. The Hall–Kier alpha value is -1.86. The first-order valence-electron chi connectivity index (χ1n) is 5.44. The molecule has 0 bridgehead atoms. The summed E-state index contributed by atoms with van der Waals surface area (Å²) in [5, 5.41) is 8.95. The molecular weight excluding hydrogens is 292 g/mol. The van der Waals surface area contributed by atoms with Crippen molar-refractivity contribution in [2.45, 2.75) is 13.8 Å². The maximum absolute atomic E-state index is 12.4. The third-order valence-corrected chi connectivity index (χ3v) is 3.36. The van der Waals surface area contributed by atoms with Crippen molar-refractivity contribution in [2.75, 3.05) is 0 Å². The number of nitrogens with zero attached hydrogens (tertiary/aromatic N) is 1. The predicted molar refractivity (Wildman–Crippen MR) is 72.6 cm³/mol. The number of rotatable bonds is 2. The third-order valence-electron chi connectivity index (χ3n) is 2.86. The second-order valence-corrected chi connectivity index (χ2v) is 4.99. The molecule has 0 fully saturated rings. The Morgan fingerprint density at radius 2 is 2.11 bits per heavy atom. The molecule has 1 aromatic heterocycles. The van der Waals surface area contributed by atoms with E-state index in [0.717, 1.165) is 10.2 Å². The minimum absolute atomic E-state index is 0.0657. The van der Waals surface area contributed by atoms with Crippen molar-refractivity contribution in [3.05, 3.63) is 56.8 Å². The standard InChI is InChI=1S/C14H11BrN2O/c1-8-12(7-16)17-9(2)13(8)14(18)10-4-3-5-11(15)6-10/h3-6,17H,1-2H3. The summed E-state index contributed by atoms with van der Waals surface area (Å²) in [4.78, 5) is 15.4. The van der Waals surface area contributed by atoms with Crippen molar-refractivity contribution in [3.8, 4) is 6.07 Å². The zero-order valence-corrected chi connectivity index (χ0v) is 11.6. The molecule has 1 N–H and O–H groups in total. The van der Waals surface area contributed by atoms with Crippen LogP contribution < -0.4 is 0 Å². The fourth-order valence-electron chi connectivity index (χ4n) is 1.98. The molecule has 0 aliphatic carbocycles. The normalized spacial score (nSPS) is 10.1. The number of benzene rings is 1. The first kappa shape index (κ1) is 12.6. The van der Waals surface area contributed by atoms with Gasteiger partial charge in [-0.1, -0.05) is 28.1 Å². The molecule has 0 atom stereocenters. The molecule has 3 nitrogen and oxygen atoms in total. The highest BCUT2D eigenvalue weighted by Crippen LogP contribution is 2.22. The summed E-state index contributed by atoms with van der Waals surface area (Å²) in [7, 11) is 0. The molecule has 18 heavy (non-hydrogen) atoms. The smallest absolute Gasteiger partial charge is 0.195 e. The highest BCUT2D eigenvalue weighted by Gasteiger charge is 2.19. The fraction of sp³-hybridized carbons (Fsp3) is 0.143. The SMILES string of the molecule is Cc1[nH]c(C#N)c(C)c1C(=O)c1cccc(Br)c1. The van der Waals surface area contributed by atoms with Crippen LogP contribution in [0.15, 0.2) is 28.7 Å². The molecule has 0 amide bonds. The van der Waals surface area contributed by atoms with Gasteiger partial charge in [0.15, 0.2) is 5.78 Å². The topological polar surface area (TPSA) is 56.6 Å². The first-order chi connectivity index (χ1) is 8.54. The van der Waals surface area contributed by atoms with Gasteiger partial charge in [0.05, 0.1) is 0 Å². The van der Waals surface area contributed by atoms with Gasteiger partial charge in [0, 0.05) is 21.3 Å². The number of ketones is 1. The van der Waals surface area contributed by atoms with E-state index < -0.39 is 0 Å². The average Bonchev–Trinajstić information content (AvgIpc) is 2.63. The number of aromatic nitrogens is 1. The Labute approximate surface area is 114 Å². The molecule has 0 aliphatic heterocycles. The van der Waals surface area contributed by atoms with Gasteiger partial charge < -0.3 is 4.98 Å². The second-order valence-electron chi connectivity index (χ2n) is 4.08. The number of H-pyrrole nitrogens is 1. The predicted octanol–water partition coefficient (Wildman–Crippen LogP) is 3.50. The van der Waals surface area contributed by atoms with Gasteiger partial charge in [-0.05, 0) is 31.5 Å². The summed E-state index contributed by atoms with van der Waals surface area (Å²) in [6.45, 7) is 3.59. The monoisotopic (exact) mass is 302 g/mol. The number of nitriles is 1.